The molecule has 2 aromatic carbocycles. The van der Waals surface area contributed by atoms with E-state index in [0.29, 0.717) is 22.7 Å². The number of hydrogen-bond acceptors (Lipinski definition) is 3. The lowest BCUT2D eigenvalue weighted by atomic mass is 9.98. The topological polar surface area (TPSA) is 61.4 Å². The number of carbonyl (C=O) groups is 1. The molecule has 0 bridgehead atoms. The number of carbonyl (C=O) groups excluding carboxylic acids is 1. The summed E-state index contributed by atoms with van der Waals surface area (Å²) in [6, 6.07) is 11.0. The van der Waals surface area contributed by atoms with Crippen molar-refractivity contribution in [2.45, 2.75) is 32.3 Å². The maximum absolute atomic E-state index is 12.4. The van der Waals surface area contributed by atoms with Crippen molar-refractivity contribution in [2.24, 2.45) is 0 Å². The van der Waals surface area contributed by atoms with Gasteiger partial charge in [0.05, 0.1) is 28.2 Å². The van der Waals surface area contributed by atoms with Gasteiger partial charge in [-0.15, -0.1) is 0 Å². The molecule has 0 unspecified atom stereocenters. The minimum Gasteiger partial charge on any atom is -0.390 e. The number of aliphatic hydroxyl groups is 1. The third-order valence-corrected chi connectivity index (χ3v) is 4.09. The van der Waals surface area contributed by atoms with Crippen LogP contribution in [0.3, 0.4) is 0 Å². The number of aryl methyl sites for hydroxylation is 1. The number of halogens is 1. The molecule has 5 heteroatoms. The second-order valence-corrected chi connectivity index (χ2v) is 6.90. The van der Waals surface area contributed by atoms with Crippen molar-refractivity contribution in [3.8, 4) is 0 Å². The maximum Gasteiger partial charge on any atom is 0.257 e. The molecule has 4 nitrogen and oxygen atoms in total. The lowest BCUT2D eigenvalue weighted by Crippen LogP contribution is -2.19. The van der Waals surface area contributed by atoms with Crippen molar-refractivity contribution < 1.29 is 9.90 Å². The molecule has 1 aliphatic rings. The fourth-order valence-electron chi connectivity index (χ4n) is 2.56. The predicted octanol–water partition coefficient (Wildman–Crippen LogP) is 4.35. The van der Waals surface area contributed by atoms with Gasteiger partial charge in [-0.25, -0.2) is 0 Å². The third kappa shape index (κ3) is 3.66. The van der Waals surface area contributed by atoms with Crippen LogP contribution in [-0.4, -0.2) is 16.6 Å². The molecule has 2 aromatic rings. The zero-order chi connectivity index (χ0) is 16.6. The highest BCUT2D eigenvalue weighted by Gasteiger charge is 2.20. The number of hydrogen-bond donors (Lipinski definition) is 3. The van der Waals surface area contributed by atoms with Crippen molar-refractivity contribution in [3.05, 3.63) is 52.5 Å². The van der Waals surface area contributed by atoms with Crippen LogP contribution in [0.4, 0.5) is 17.1 Å². The Morgan fingerprint density at radius 1 is 1.04 bits per heavy atom. The van der Waals surface area contributed by atoms with Crippen LogP contribution < -0.4 is 10.6 Å². The standard InChI is InChI=1S/C18H19ClN2O2/c1-18(2,23)8-7-11-3-6-14-16(9-11)21-17(22)13-5-4-12(19)10-15(13)20-14/h3-6,9-10,20,23H,7-8H2,1-2H3,(H,21,22). The number of rotatable bonds is 3. The summed E-state index contributed by atoms with van der Waals surface area (Å²) in [5.41, 5.74) is 3.17. The van der Waals surface area contributed by atoms with Gasteiger partial charge in [-0.05, 0) is 62.6 Å². The second-order valence-electron chi connectivity index (χ2n) is 6.46. The molecular formula is C18H19ClN2O2. The van der Waals surface area contributed by atoms with Crippen LogP contribution in [-0.2, 0) is 6.42 Å². The highest BCUT2D eigenvalue weighted by atomic mass is 35.5. The average Bonchev–Trinajstić information content (AvgIpc) is 2.59. The van der Waals surface area contributed by atoms with Gasteiger partial charge < -0.3 is 15.7 Å². The van der Waals surface area contributed by atoms with E-state index in [9.17, 15) is 9.90 Å². The van der Waals surface area contributed by atoms with Crippen molar-refractivity contribution >= 4 is 34.6 Å². The molecule has 0 spiro atoms. The van der Waals surface area contributed by atoms with E-state index in [-0.39, 0.29) is 5.91 Å². The average molecular weight is 331 g/mol. The lowest BCUT2D eigenvalue weighted by molar-refractivity contribution is 0.0714. The Morgan fingerprint density at radius 3 is 2.57 bits per heavy atom. The lowest BCUT2D eigenvalue weighted by Gasteiger charge is -2.17. The predicted molar refractivity (Wildman–Crippen MR) is 93.7 cm³/mol. The van der Waals surface area contributed by atoms with Crippen LogP contribution in [0.25, 0.3) is 0 Å². The van der Waals surface area contributed by atoms with Gasteiger partial charge in [0.1, 0.15) is 0 Å². The van der Waals surface area contributed by atoms with Gasteiger partial charge in [-0.3, -0.25) is 4.79 Å². The Kier molecular flexibility index (Phi) is 4.04. The molecule has 1 amide bonds. The van der Waals surface area contributed by atoms with E-state index in [1.165, 1.54) is 0 Å². The molecule has 23 heavy (non-hydrogen) atoms. The third-order valence-electron chi connectivity index (χ3n) is 3.85. The maximum atomic E-state index is 12.4. The number of nitrogens with one attached hydrogen (secondary N) is 2. The van der Waals surface area contributed by atoms with Gasteiger partial charge in [0.15, 0.2) is 0 Å². The van der Waals surface area contributed by atoms with E-state index in [4.69, 9.17) is 11.6 Å². The fourth-order valence-corrected chi connectivity index (χ4v) is 2.73. The minimum absolute atomic E-state index is 0.164. The number of anilines is 3. The summed E-state index contributed by atoms with van der Waals surface area (Å²) < 4.78 is 0. The molecule has 0 atom stereocenters. The summed E-state index contributed by atoms with van der Waals surface area (Å²) in [5.74, 6) is -0.164. The van der Waals surface area contributed by atoms with Gasteiger partial charge in [-0.2, -0.15) is 0 Å². The first-order valence-corrected chi connectivity index (χ1v) is 7.93. The van der Waals surface area contributed by atoms with Crippen molar-refractivity contribution in [2.75, 3.05) is 10.6 Å². The highest BCUT2D eigenvalue weighted by molar-refractivity contribution is 6.31. The SMILES string of the molecule is CC(C)(O)CCc1ccc2c(c1)NC(=O)c1ccc(Cl)cc1N2. The molecule has 3 N–H and O–H groups in total. The molecule has 120 valence electrons. The molecular weight excluding hydrogens is 312 g/mol. The Bertz CT molecular complexity index is 766. The first kappa shape index (κ1) is 15.8. The largest absolute Gasteiger partial charge is 0.390 e. The molecule has 1 heterocycles. The van der Waals surface area contributed by atoms with Crippen LogP contribution in [0.1, 0.15) is 36.2 Å². The van der Waals surface area contributed by atoms with Crippen LogP contribution in [0.2, 0.25) is 5.02 Å². The summed E-state index contributed by atoms with van der Waals surface area (Å²) in [7, 11) is 0. The molecule has 0 saturated carbocycles. The summed E-state index contributed by atoms with van der Waals surface area (Å²) in [6.07, 6.45) is 1.40. The molecule has 0 fully saturated rings. The molecule has 0 radical (unpaired) electrons. The fraction of sp³-hybridized carbons (Fsp3) is 0.278. The molecule has 3 rings (SSSR count). The summed E-state index contributed by atoms with van der Waals surface area (Å²) in [5, 5.41) is 16.6. The zero-order valence-electron chi connectivity index (χ0n) is 13.1. The monoisotopic (exact) mass is 330 g/mol. The van der Waals surface area contributed by atoms with Crippen LogP contribution in [0.5, 0.6) is 0 Å². The molecule has 0 aromatic heterocycles. The van der Waals surface area contributed by atoms with E-state index in [2.05, 4.69) is 10.6 Å². The van der Waals surface area contributed by atoms with E-state index in [0.717, 1.165) is 23.4 Å². The van der Waals surface area contributed by atoms with E-state index in [1.807, 2.05) is 18.2 Å². The van der Waals surface area contributed by atoms with E-state index >= 15 is 0 Å². The van der Waals surface area contributed by atoms with Crippen LogP contribution in [0, 0.1) is 0 Å². The van der Waals surface area contributed by atoms with Gasteiger partial charge in [0.2, 0.25) is 0 Å². The van der Waals surface area contributed by atoms with E-state index < -0.39 is 5.60 Å². The Morgan fingerprint density at radius 2 is 1.83 bits per heavy atom. The Hall–Kier alpha value is -2.04. The van der Waals surface area contributed by atoms with E-state index in [1.54, 1.807) is 32.0 Å². The second kappa shape index (κ2) is 5.87. The van der Waals surface area contributed by atoms with Crippen LogP contribution >= 0.6 is 11.6 Å². The van der Waals surface area contributed by atoms with Crippen molar-refractivity contribution in [3.63, 3.8) is 0 Å². The van der Waals surface area contributed by atoms with Gasteiger partial charge in [0.25, 0.3) is 5.91 Å². The zero-order valence-corrected chi connectivity index (χ0v) is 13.9. The number of fused-ring (bicyclic) bond motifs is 2. The highest BCUT2D eigenvalue weighted by Crippen LogP contribution is 2.34. The summed E-state index contributed by atoms with van der Waals surface area (Å²) >= 11 is 6.02. The van der Waals surface area contributed by atoms with Crippen molar-refractivity contribution in [1.82, 2.24) is 0 Å². The van der Waals surface area contributed by atoms with Gasteiger partial charge in [-0.1, -0.05) is 17.7 Å². The van der Waals surface area contributed by atoms with Gasteiger partial charge in [0, 0.05) is 5.02 Å². The molecule has 0 aliphatic carbocycles. The first-order valence-electron chi connectivity index (χ1n) is 7.55. The normalized spacial score (nSPS) is 13.5. The number of amides is 1. The summed E-state index contributed by atoms with van der Waals surface area (Å²) in [4.78, 5) is 12.4. The molecule has 0 saturated heterocycles. The first-order chi connectivity index (χ1) is 10.8. The van der Waals surface area contributed by atoms with Crippen LogP contribution in [0.15, 0.2) is 36.4 Å². The smallest absolute Gasteiger partial charge is 0.257 e. The summed E-state index contributed by atoms with van der Waals surface area (Å²) in [6.45, 7) is 3.58. The molecule has 1 aliphatic heterocycles. The minimum atomic E-state index is -0.707. The Labute approximate surface area is 140 Å². The Balaban J connectivity index is 1.90. The number of benzene rings is 2. The van der Waals surface area contributed by atoms with Crippen molar-refractivity contribution in [1.29, 1.82) is 0 Å². The van der Waals surface area contributed by atoms with Gasteiger partial charge >= 0.3 is 0 Å². The quantitative estimate of drug-likeness (QED) is 0.784.